The smallest absolute Gasteiger partial charge is 0.216 e. The molecule has 2 heterocycles. The SMILES string of the molecule is S=c1[nH]nc(-c2cccc(Cl)c2)n1N=Cc1ccccn1. The third-order valence-electron chi connectivity index (χ3n) is 2.73. The first-order valence-corrected chi connectivity index (χ1v) is 6.91. The number of hydrogen-bond donors (Lipinski definition) is 1. The van der Waals surface area contributed by atoms with Gasteiger partial charge >= 0.3 is 0 Å². The van der Waals surface area contributed by atoms with Crippen molar-refractivity contribution in [2.24, 2.45) is 5.10 Å². The van der Waals surface area contributed by atoms with Gasteiger partial charge in [-0.25, -0.2) is 5.10 Å². The molecule has 0 saturated heterocycles. The van der Waals surface area contributed by atoms with Crippen LogP contribution in [0.15, 0.2) is 53.8 Å². The minimum Gasteiger partial charge on any atom is -0.255 e. The van der Waals surface area contributed by atoms with E-state index in [1.807, 2.05) is 30.3 Å². The highest BCUT2D eigenvalue weighted by molar-refractivity contribution is 7.71. The fourth-order valence-electron chi connectivity index (χ4n) is 1.78. The van der Waals surface area contributed by atoms with Gasteiger partial charge in [0.2, 0.25) is 4.77 Å². The molecular weight excluding hydrogens is 306 g/mol. The Morgan fingerprint density at radius 3 is 2.90 bits per heavy atom. The van der Waals surface area contributed by atoms with E-state index in [4.69, 9.17) is 23.8 Å². The molecule has 21 heavy (non-hydrogen) atoms. The first kappa shape index (κ1) is 13.7. The van der Waals surface area contributed by atoms with Gasteiger partial charge in [0.25, 0.3) is 0 Å². The Bertz CT molecular complexity index is 838. The topological polar surface area (TPSA) is 58.9 Å². The van der Waals surface area contributed by atoms with E-state index >= 15 is 0 Å². The van der Waals surface area contributed by atoms with Gasteiger partial charge in [0.05, 0.1) is 11.9 Å². The minimum atomic E-state index is 0.400. The van der Waals surface area contributed by atoms with Crippen molar-refractivity contribution in [2.45, 2.75) is 0 Å². The van der Waals surface area contributed by atoms with Gasteiger partial charge in [-0.05, 0) is 36.5 Å². The summed E-state index contributed by atoms with van der Waals surface area (Å²) in [6, 6.07) is 12.9. The van der Waals surface area contributed by atoms with Crippen LogP contribution >= 0.6 is 23.8 Å². The van der Waals surface area contributed by atoms with E-state index in [0.29, 0.717) is 15.6 Å². The molecule has 7 heteroatoms. The fraction of sp³-hybridized carbons (Fsp3) is 0. The van der Waals surface area contributed by atoms with E-state index in [9.17, 15) is 0 Å². The van der Waals surface area contributed by atoms with Crippen molar-refractivity contribution in [3.8, 4) is 11.4 Å². The van der Waals surface area contributed by atoms with Crippen molar-refractivity contribution < 1.29 is 0 Å². The molecule has 104 valence electrons. The van der Waals surface area contributed by atoms with Crippen molar-refractivity contribution >= 4 is 30.0 Å². The molecule has 0 atom stereocenters. The molecule has 1 N–H and O–H groups in total. The number of aromatic amines is 1. The summed E-state index contributed by atoms with van der Waals surface area (Å²) < 4.78 is 1.94. The third-order valence-corrected chi connectivity index (χ3v) is 3.23. The number of rotatable bonds is 3. The molecule has 3 aromatic rings. The van der Waals surface area contributed by atoms with Gasteiger partial charge in [-0.2, -0.15) is 14.9 Å². The van der Waals surface area contributed by atoms with Gasteiger partial charge in [-0.15, -0.1) is 0 Å². The van der Waals surface area contributed by atoms with Crippen molar-refractivity contribution in [3.05, 3.63) is 64.1 Å². The molecule has 0 saturated carbocycles. The average Bonchev–Trinajstić information content (AvgIpc) is 2.87. The second-order valence-corrected chi connectivity index (χ2v) is 5.00. The van der Waals surface area contributed by atoms with Crippen LogP contribution in [0.4, 0.5) is 0 Å². The maximum Gasteiger partial charge on any atom is 0.216 e. The molecule has 0 amide bonds. The van der Waals surface area contributed by atoms with E-state index in [1.54, 1.807) is 24.5 Å². The first-order chi connectivity index (χ1) is 10.2. The molecule has 1 aromatic carbocycles. The molecule has 0 radical (unpaired) electrons. The molecule has 3 rings (SSSR count). The van der Waals surface area contributed by atoms with Crippen LogP contribution in [0.5, 0.6) is 0 Å². The Balaban J connectivity index is 2.02. The number of pyridine rings is 1. The van der Waals surface area contributed by atoms with Crippen LogP contribution in [-0.4, -0.2) is 26.1 Å². The predicted molar refractivity (Wildman–Crippen MR) is 85.1 cm³/mol. The highest BCUT2D eigenvalue weighted by Crippen LogP contribution is 2.20. The number of H-pyrrole nitrogens is 1. The molecule has 0 unspecified atom stereocenters. The van der Waals surface area contributed by atoms with Crippen molar-refractivity contribution in [1.29, 1.82) is 0 Å². The second kappa shape index (κ2) is 5.99. The van der Waals surface area contributed by atoms with Crippen molar-refractivity contribution in [3.63, 3.8) is 0 Å². The van der Waals surface area contributed by atoms with Crippen LogP contribution in [-0.2, 0) is 0 Å². The van der Waals surface area contributed by atoms with Crippen molar-refractivity contribution in [1.82, 2.24) is 19.9 Å². The summed E-state index contributed by atoms with van der Waals surface area (Å²) in [4.78, 5) is 4.18. The number of hydrogen-bond acceptors (Lipinski definition) is 4. The lowest BCUT2D eigenvalue weighted by Crippen LogP contribution is -1.95. The number of aromatic nitrogens is 4. The zero-order valence-electron chi connectivity index (χ0n) is 10.8. The fourth-order valence-corrected chi connectivity index (χ4v) is 2.15. The standard InChI is InChI=1S/C14H10ClN5S/c15-11-5-3-4-10(8-11)13-18-19-14(21)20(13)17-9-12-6-1-2-7-16-12/h1-9H,(H,19,21). The second-order valence-electron chi connectivity index (χ2n) is 4.17. The van der Waals surface area contributed by atoms with Crippen LogP contribution in [0, 0.1) is 4.77 Å². The summed E-state index contributed by atoms with van der Waals surface area (Å²) in [7, 11) is 0. The van der Waals surface area contributed by atoms with E-state index in [0.717, 1.165) is 11.3 Å². The average molecular weight is 316 g/mol. The molecule has 0 fully saturated rings. The quantitative estimate of drug-likeness (QED) is 0.594. The Morgan fingerprint density at radius 2 is 2.14 bits per heavy atom. The van der Waals surface area contributed by atoms with Gasteiger partial charge in [0.1, 0.15) is 0 Å². The normalized spacial score (nSPS) is 11.1. The molecule has 0 spiro atoms. The van der Waals surface area contributed by atoms with E-state index in [-0.39, 0.29) is 0 Å². The number of nitrogens with one attached hydrogen (secondary N) is 1. The number of halogens is 1. The van der Waals surface area contributed by atoms with Crippen LogP contribution < -0.4 is 0 Å². The number of nitrogens with zero attached hydrogens (tertiary/aromatic N) is 4. The summed E-state index contributed by atoms with van der Waals surface area (Å²) in [5.41, 5.74) is 1.56. The zero-order valence-corrected chi connectivity index (χ0v) is 12.3. The van der Waals surface area contributed by atoms with Crippen LogP contribution in [0.3, 0.4) is 0 Å². The summed E-state index contributed by atoms with van der Waals surface area (Å²) in [6.45, 7) is 0. The third kappa shape index (κ3) is 3.07. The maximum absolute atomic E-state index is 6.01. The lowest BCUT2D eigenvalue weighted by Gasteiger charge is -2.01. The zero-order chi connectivity index (χ0) is 14.7. The Morgan fingerprint density at radius 1 is 1.24 bits per heavy atom. The van der Waals surface area contributed by atoms with Crippen molar-refractivity contribution in [2.75, 3.05) is 0 Å². The van der Waals surface area contributed by atoms with Gasteiger partial charge in [-0.1, -0.05) is 29.8 Å². The summed E-state index contributed by atoms with van der Waals surface area (Å²) in [6.07, 6.45) is 3.33. The lowest BCUT2D eigenvalue weighted by molar-refractivity contribution is 0.870. The van der Waals surface area contributed by atoms with Gasteiger partial charge in [0.15, 0.2) is 5.82 Å². The largest absolute Gasteiger partial charge is 0.255 e. The summed E-state index contributed by atoms with van der Waals surface area (Å²) >= 11 is 11.2. The molecule has 0 aliphatic rings. The van der Waals surface area contributed by atoms with Gasteiger partial charge < -0.3 is 0 Å². The van der Waals surface area contributed by atoms with E-state index < -0.39 is 0 Å². The van der Waals surface area contributed by atoms with E-state index in [1.165, 1.54) is 4.68 Å². The Kier molecular flexibility index (Phi) is 3.89. The highest BCUT2D eigenvalue weighted by atomic mass is 35.5. The Hall–Kier alpha value is -2.31. The monoisotopic (exact) mass is 315 g/mol. The molecule has 0 aliphatic carbocycles. The van der Waals surface area contributed by atoms with E-state index in [2.05, 4.69) is 20.3 Å². The minimum absolute atomic E-state index is 0.400. The molecule has 0 bridgehead atoms. The van der Waals surface area contributed by atoms with Crippen LogP contribution in [0.1, 0.15) is 5.69 Å². The molecule has 5 nitrogen and oxygen atoms in total. The predicted octanol–water partition coefficient (Wildman–Crippen LogP) is 3.54. The van der Waals surface area contributed by atoms with Gasteiger partial charge in [-0.3, -0.25) is 4.98 Å². The summed E-state index contributed by atoms with van der Waals surface area (Å²) in [5.74, 6) is 0.592. The molecular formula is C14H10ClN5S. The lowest BCUT2D eigenvalue weighted by atomic mass is 10.2. The molecule has 0 aliphatic heterocycles. The summed E-state index contributed by atoms with van der Waals surface area (Å²) in [5, 5.41) is 11.9. The highest BCUT2D eigenvalue weighted by Gasteiger charge is 2.08. The van der Waals surface area contributed by atoms with Crippen LogP contribution in [0.2, 0.25) is 5.02 Å². The van der Waals surface area contributed by atoms with Crippen LogP contribution in [0.25, 0.3) is 11.4 Å². The Labute approximate surface area is 130 Å². The number of benzene rings is 1. The molecule has 2 aromatic heterocycles. The van der Waals surface area contributed by atoms with Gasteiger partial charge in [0, 0.05) is 16.8 Å². The first-order valence-electron chi connectivity index (χ1n) is 6.13. The maximum atomic E-state index is 6.01.